The Morgan fingerprint density at radius 1 is 1.55 bits per heavy atom. The van der Waals surface area contributed by atoms with Gasteiger partial charge in [-0.3, -0.25) is 0 Å². The van der Waals surface area contributed by atoms with Crippen molar-refractivity contribution in [3.8, 4) is 0 Å². The van der Waals surface area contributed by atoms with E-state index in [0.717, 1.165) is 0 Å². The second-order valence-corrected chi connectivity index (χ2v) is 3.58. The van der Waals surface area contributed by atoms with Crippen LogP contribution in [-0.2, 0) is 4.74 Å². The highest BCUT2D eigenvalue weighted by molar-refractivity contribution is 4.81. The van der Waals surface area contributed by atoms with Crippen molar-refractivity contribution in [2.45, 2.75) is 38.5 Å². The van der Waals surface area contributed by atoms with Gasteiger partial charge in [-0.2, -0.15) is 0 Å². The van der Waals surface area contributed by atoms with Crippen LogP contribution in [0.25, 0.3) is 0 Å². The summed E-state index contributed by atoms with van der Waals surface area (Å²) in [5.41, 5.74) is 5.57. The molecule has 1 aliphatic rings. The first kappa shape index (κ1) is 8.97. The van der Waals surface area contributed by atoms with Gasteiger partial charge < -0.3 is 15.6 Å². The Morgan fingerprint density at radius 2 is 2.18 bits per heavy atom. The lowest BCUT2D eigenvalue weighted by atomic mass is 9.95. The van der Waals surface area contributed by atoms with Gasteiger partial charge in [0, 0.05) is 6.42 Å². The van der Waals surface area contributed by atoms with Gasteiger partial charge in [-0.05, 0) is 5.92 Å². The number of nitrogens with two attached hydrogens (primary N) is 1. The Kier molecular flexibility index (Phi) is 2.87. The molecule has 3 atom stereocenters. The van der Waals surface area contributed by atoms with E-state index in [1.54, 1.807) is 0 Å². The molecule has 1 heterocycles. The molecule has 3 N–H and O–H groups in total. The standard InChI is InChI=1S/C8H17NO2/c1-5(2)8-3-7(10)6(9)4-11-8/h5-8,10H,3-4,9H2,1-2H3/t6-,7+,8-/m1/s1. The molecular weight excluding hydrogens is 142 g/mol. The summed E-state index contributed by atoms with van der Waals surface area (Å²) < 4.78 is 5.44. The van der Waals surface area contributed by atoms with Gasteiger partial charge in [0.05, 0.1) is 24.9 Å². The molecule has 0 radical (unpaired) electrons. The predicted molar refractivity (Wildman–Crippen MR) is 43.2 cm³/mol. The molecule has 0 spiro atoms. The summed E-state index contributed by atoms with van der Waals surface area (Å²) in [5.74, 6) is 0.470. The second-order valence-electron chi connectivity index (χ2n) is 3.58. The number of rotatable bonds is 1. The van der Waals surface area contributed by atoms with Crippen molar-refractivity contribution in [1.82, 2.24) is 0 Å². The largest absolute Gasteiger partial charge is 0.391 e. The number of aliphatic hydroxyl groups excluding tert-OH is 1. The SMILES string of the molecule is CC(C)[C@H]1C[C@H](O)[C@H](N)CO1. The molecule has 0 aromatic rings. The molecule has 0 unspecified atom stereocenters. The molecule has 0 aromatic carbocycles. The predicted octanol–water partition coefficient (Wildman–Crippen LogP) is 0.120. The van der Waals surface area contributed by atoms with Crippen LogP contribution in [0.5, 0.6) is 0 Å². The van der Waals surface area contributed by atoms with E-state index >= 15 is 0 Å². The molecule has 1 rings (SSSR count). The fourth-order valence-electron chi connectivity index (χ4n) is 1.29. The van der Waals surface area contributed by atoms with Crippen LogP contribution in [0.1, 0.15) is 20.3 Å². The molecule has 11 heavy (non-hydrogen) atoms. The molecule has 0 aromatic heterocycles. The molecule has 3 heteroatoms. The van der Waals surface area contributed by atoms with Gasteiger partial charge in [-0.25, -0.2) is 0 Å². The van der Waals surface area contributed by atoms with Crippen molar-refractivity contribution in [3.05, 3.63) is 0 Å². The van der Waals surface area contributed by atoms with Gasteiger partial charge in [-0.15, -0.1) is 0 Å². The van der Waals surface area contributed by atoms with Crippen molar-refractivity contribution in [3.63, 3.8) is 0 Å². The van der Waals surface area contributed by atoms with Gasteiger partial charge >= 0.3 is 0 Å². The minimum absolute atomic E-state index is 0.185. The summed E-state index contributed by atoms with van der Waals surface area (Å²) in [6.45, 7) is 4.67. The molecular formula is C8H17NO2. The number of hydrogen-bond acceptors (Lipinski definition) is 3. The van der Waals surface area contributed by atoms with E-state index in [1.807, 2.05) is 0 Å². The monoisotopic (exact) mass is 159 g/mol. The number of hydrogen-bond donors (Lipinski definition) is 2. The molecule has 1 fully saturated rings. The van der Waals surface area contributed by atoms with Crippen molar-refractivity contribution in [1.29, 1.82) is 0 Å². The van der Waals surface area contributed by atoms with Gasteiger partial charge in [0.25, 0.3) is 0 Å². The average Bonchev–Trinajstić information content (AvgIpc) is 1.94. The summed E-state index contributed by atoms with van der Waals surface area (Å²) in [6, 6.07) is -0.190. The molecule has 0 saturated carbocycles. The zero-order chi connectivity index (χ0) is 8.43. The molecule has 1 saturated heterocycles. The Morgan fingerprint density at radius 3 is 2.64 bits per heavy atom. The Labute approximate surface area is 67.5 Å². The van der Waals surface area contributed by atoms with Gasteiger partial charge in [0.2, 0.25) is 0 Å². The van der Waals surface area contributed by atoms with Crippen LogP contribution in [0.3, 0.4) is 0 Å². The lowest BCUT2D eigenvalue weighted by molar-refractivity contribution is -0.0746. The van der Waals surface area contributed by atoms with Crippen LogP contribution in [0, 0.1) is 5.92 Å². The first-order valence-electron chi connectivity index (χ1n) is 4.16. The lowest BCUT2D eigenvalue weighted by Crippen LogP contribution is -2.47. The van der Waals surface area contributed by atoms with E-state index in [-0.39, 0.29) is 18.2 Å². The van der Waals surface area contributed by atoms with E-state index < -0.39 is 0 Å². The quantitative estimate of drug-likeness (QED) is 0.571. The number of aliphatic hydroxyl groups is 1. The van der Waals surface area contributed by atoms with E-state index in [2.05, 4.69) is 13.8 Å². The summed E-state index contributed by atoms with van der Waals surface area (Å²) in [6.07, 6.45) is 0.486. The third-order valence-corrected chi connectivity index (χ3v) is 2.21. The molecule has 1 aliphatic heterocycles. The first-order valence-corrected chi connectivity index (χ1v) is 4.16. The fourth-order valence-corrected chi connectivity index (χ4v) is 1.29. The summed E-state index contributed by atoms with van der Waals surface area (Å²) in [5, 5.41) is 9.39. The molecule has 0 aliphatic carbocycles. The average molecular weight is 159 g/mol. The molecule has 3 nitrogen and oxygen atoms in total. The summed E-state index contributed by atoms with van der Waals surface area (Å²) >= 11 is 0. The fraction of sp³-hybridized carbons (Fsp3) is 1.00. The van der Waals surface area contributed by atoms with Crippen molar-refractivity contribution in [2.75, 3.05) is 6.61 Å². The molecule has 66 valence electrons. The van der Waals surface area contributed by atoms with Crippen LogP contribution in [0.4, 0.5) is 0 Å². The normalized spacial score (nSPS) is 39.5. The van der Waals surface area contributed by atoms with Gasteiger partial charge in [0.15, 0.2) is 0 Å². The molecule has 0 bridgehead atoms. The van der Waals surface area contributed by atoms with E-state index in [0.29, 0.717) is 18.9 Å². The Bertz CT molecular complexity index is 127. The van der Waals surface area contributed by atoms with E-state index in [9.17, 15) is 5.11 Å². The van der Waals surface area contributed by atoms with Crippen LogP contribution in [-0.4, -0.2) is 30.0 Å². The zero-order valence-electron chi connectivity index (χ0n) is 7.16. The third kappa shape index (κ3) is 2.15. The lowest BCUT2D eigenvalue weighted by Gasteiger charge is -2.33. The topological polar surface area (TPSA) is 55.5 Å². The maximum Gasteiger partial charge on any atom is 0.0738 e. The Hall–Kier alpha value is -0.120. The van der Waals surface area contributed by atoms with Crippen molar-refractivity contribution in [2.24, 2.45) is 11.7 Å². The summed E-state index contributed by atoms with van der Waals surface area (Å²) in [4.78, 5) is 0. The maximum atomic E-state index is 9.39. The molecule has 0 amide bonds. The highest BCUT2D eigenvalue weighted by Gasteiger charge is 2.28. The highest BCUT2D eigenvalue weighted by atomic mass is 16.5. The smallest absolute Gasteiger partial charge is 0.0738 e. The highest BCUT2D eigenvalue weighted by Crippen LogP contribution is 2.19. The minimum Gasteiger partial charge on any atom is -0.391 e. The third-order valence-electron chi connectivity index (χ3n) is 2.21. The summed E-state index contributed by atoms with van der Waals surface area (Å²) in [7, 11) is 0. The van der Waals surface area contributed by atoms with Gasteiger partial charge in [0.1, 0.15) is 0 Å². The second kappa shape index (κ2) is 3.52. The van der Waals surface area contributed by atoms with Crippen molar-refractivity contribution < 1.29 is 9.84 Å². The van der Waals surface area contributed by atoms with Crippen LogP contribution in [0.15, 0.2) is 0 Å². The first-order chi connectivity index (χ1) is 5.11. The van der Waals surface area contributed by atoms with Crippen LogP contribution < -0.4 is 5.73 Å². The zero-order valence-corrected chi connectivity index (χ0v) is 7.16. The van der Waals surface area contributed by atoms with Crippen LogP contribution in [0.2, 0.25) is 0 Å². The maximum absolute atomic E-state index is 9.39. The van der Waals surface area contributed by atoms with Gasteiger partial charge in [-0.1, -0.05) is 13.8 Å². The minimum atomic E-state index is -0.379. The van der Waals surface area contributed by atoms with Crippen LogP contribution >= 0.6 is 0 Å². The van der Waals surface area contributed by atoms with E-state index in [1.165, 1.54) is 0 Å². The van der Waals surface area contributed by atoms with E-state index in [4.69, 9.17) is 10.5 Å². The number of ether oxygens (including phenoxy) is 1. The van der Waals surface area contributed by atoms with Crippen molar-refractivity contribution >= 4 is 0 Å². The Balaban J connectivity index is 2.40.